The van der Waals surface area contributed by atoms with E-state index in [1.165, 1.54) is 0 Å². The standard InChI is InChI=1S/C8H8O/c1-5-6-2-3-7(4-6)8(5)9/h2-3,6-7H,1,4H2. The first-order valence-electron chi connectivity index (χ1n) is 3.20. The molecule has 1 saturated carbocycles. The van der Waals surface area contributed by atoms with E-state index < -0.39 is 0 Å². The Hall–Kier alpha value is -0.850. The van der Waals surface area contributed by atoms with Gasteiger partial charge < -0.3 is 0 Å². The Morgan fingerprint density at radius 3 is 2.44 bits per heavy atom. The Bertz CT molecular complexity index is 191. The molecule has 2 aliphatic rings. The quantitative estimate of drug-likeness (QED) is 0.348. The van der Waals surface area contributed by atoms with Crippen molar-refractivity contribution >= 4 is 5.78 Å². The Morgan fingerprint density at radius 1 is 1.44 bits per heavy atom. The van der Waals surface area contributed by atoms with Crippen molar-refractivity contribution < 1.29 is 4.79 Å². The number of Topliss-reactive ketones (excluding diaryl/α,β-unsaturated/α-hetero) is 1. The van der Waals surface area contributed by atoms with Crippen LogP contribution in [0, 0.1) is 11.8 Å². The molecule has 2 rings (SSSR count). The maximum atomic E-state index is 11.0. The lowest BCUT2D eigenvalue weighted by molar-refractivity contribution is -0.116. The molecule has 0 spiro atoms. The Kier molecular flexibility index (Phi) is 0.747. The van der Waals surface area contributed by atoms with Crippen molar-refractivity contribution in [1.82, 2.24) is 0 Å². The minimum atomic E-state index is 0.197. The van der Waals surface area contributed by atoms with Gasteiger partial charge in [-0.15, -0.1) is 0 Å². The molecule has 9 heavy (non-hydrogen) atoms. The van der Waals surface area contributed by atoms with Gasteiger partial charge >= 0.3 is 0 Å². The van der Waals surface area contributed by atoms with Crippen LogP contribution in [0.15, 0.2) is 24.3 Å². The lowest BCUT2D eigenvalue weighted by atomic mass is 10.0. The summed E-state index contributed by atoms with van der Waals surface area (Å²) in [5.74, 6) is 0.854. The van der Waals surface area contributed by atoms with Crippen molar-refractivity contribution in [3.8, 4) is 0 Å². The second kappa shape index (κ2) is 1.35. The van der Waals surface area contributed by atoms with Gasteiger partial charge in [0.15, 0.2) is 5.78 Å². The van der Waals surface area contributed by atoms with Gasteiger partial charge in [-0.1, -0.05) is 18.7 Å². The topological polar surface area (TPSA) is 17.1 Å². The summed E-state index contributed by atoms with van der Waals surface area (Å²) in [6, 6.07) is 0. The third-order valence-corrected chi connectivity index (χ3v) is 2.18. The van der Waals surface area contributed by atoms with Gasteiger partial charge in [0.25, 0.3) is 0 Å². The van der Waals surface area contributed by atoms with E-state index in [0.29, 0.717) is 5.92 Å². The van der Waals surface area contributed by atoms with E-state index in [9.17, 15) is 4.79 Å². The summed E-state index contributed by atoms with van der Waals surface area (Å²) in [7, 11) is 0. The molecule has 0 saturated heterocycles. The number of ketones is 1. The van der Waals surface area contributed by atoms with Gasteiger partial charge in [0.2, 0.25) is 0 Å². The molecule has 1 nitrogen and oxygen atoms in total. The second-order valence-electron chi connectivity index (χ2n) is 2.72. The normalized spacial score (nSPS) is 38.7. The summed E-state index contributed by atoms with van der Waals surface area (Å²) < 4.78 is 0. The van der Waals surface area contributed by atoms with Gasteiger partial charge in [-0.25, -0.2) is 0 Å². The van der Waals surface area contributed by atoms with Crippen LogP contribution in [0.25, 0.3) is 0 Å². The van der Waals surface area contributed by atoms with Crippen molar-refractivity contribution in [2.24, 2.45) is 11.8 Å². The number of fused-ring (bicyclic) bond motifs is 2. The van der Waals surface area contributed by atoms with Crippen LogP contribution in [-0.4, -0.2) is 5.78 Å². The molecular weight excluding hydrogens is 112 g/mol. The zero-order valence-corrected chi connectivity index (χ0v) is 5.13. The van der Waals surface area contributed by atoms with Gasteiger partial charge in [0, 0.05) is 11.8 Å². The van der Waals surface area contributed by atoms with E-state index >= 15 is 0 Å². The molecular formula is C8H8O. The number of rotatable bonds is 0. The molecule has 0 N–H and O–H groups in total. The van der Waals surface area contributed by atoms with Gasteiger partial charge in [-0.05, 0) is 12.0 Å². The molecule has 2 bridgehead atoms. The van der Waals surface area contributed by atoms with Crippen LogP contribution in [0.1, 0.15) is 6.42 Å². The van der Waals surface area contributed by atoms with Crippen LogP contribution >= 0.6 is 0 Å². The highest BCUT2D eigenvalue weighted by Gasteiger charge is 2.37. The van der Waals surface area contributed by atoms with Gasteiger partial charge in [-0.3, -0.25) is 4.79 Å². The van der Waals surface area contributed by atoms with Crippen LogP contribution in [0.5, 0.6) is 0 Å². The Balaban J connectivity index is 2.47. The van der Waals surface area contributed by atoms with E-state index in [2.05, 4.69) is 12.7 Å². The summed E-state index contributed by atoms with van der Waals surface area (Å²) in [6.45, 7) is 3.72. The lowest BCUT2D eigenvalue weighted by Crippen LogP contribution is -2.06. The zero-order valence-electron chi connectivity index (χ0n) is 5.13. The monoisotopic (exact) mass is 120 g/mol. The third-order valence-electron chi connectivity index (χ3n) is 2.18. The molecule has 46 valence electrons. The van der Waals surface area contributed by atoms with E-state index in [1.807, 2.05) is 6.08 Å². The minimum absolute atomic E-state index is 0.197. The highest BCUT2D eigenvalue weighted by molar-refractivity contribution is 6.02. The summed E-state index contributed by atoms with van der Waals surface area (Å²) in [5.41, 5.74) is 0.822. The van der Waals surface area contributed by atoms with Crippen LogP contribution in [0.3, 0.4) is 0 Å². The molecule has 2 unspecified atom stereocenters. The SMILES string of the molecule is C=C1C(=O)C2C=CC1C2. The third kappa shape index (κ3) is 0.467. The number of carbonyl (C=O) groups excluding carboxylic acids is 1. The molecule has 1 heteroatoms. The molecule has 2 aliphatic carbocycles. The van der Waals surface area contributed by atoms with Gasteiger partial charge in [-0.2, -0.15) is 0 Å². The van der Waals surface area contributed by atoms with Crippen molar-refractivity contribution in [1.29, 1.82) is 0 Å². The molecule has 2 atom stereocenters. The zero-order chi connectivity index (χ0) is 6.43. The molecule has 0 aromatic rings. The summed E-state index contributed by atoms with van der Waals surface area (Å²) in [6.07, 6.45) is 5.09. The maximum Gasteiger partial charge on any atom is 0.165 e. The van der Waals surface area contributed by atoms with E-state index in [1.54, 1.807) is 0 Å². The summed E-state index contributed by atoms with van der Waals surface area (Å²) in [5, 5.41) is 0. The van der Waals surface area contributed by atoms with E-state index in [0.717, 1.165) is 12.0 Å². The van der Waals surface area contributed by atoms with E-state index in [-0.39, 0.29) is 11.7 Å². The highest BCUT2D eigenvalue weighted by atomic mass is 16.1. The van der Waals surface area contributed by atoms with Crippen molar-refractivity contribution in [3.05, 3.63) is 24.3 Å². The largest absolute Gasteiger partial charge is 0.294 e. The predicted molar refractivity (Wildman–Crippen MR) is 34.9 cm³/mol. The number of hydrogen-bond donors (Lipinski definition) is 0. The van der Waals surface area contributed by atoms with Crippen LogP contribution < -0.4 is 0 Å². The Morgan fingerprint density at radius 2 is 2.11 bits per heavy atom. The number of hydrogen-bond acceptors (Lipinski definition) is 1. The second-order valence-corrected chi connectivity index (χ2v) is 2.72. The average Bonchev–Trinajstić information content (AvgIpc) is 2.37. The molecule has 0 heterocycles. The fourth-order valence-corrected chi connectivity index (χ4v) is 1.57. The molecule has 0 amide bonds. The van der Waals surface area contributed by atoms with E-state index in [4.69, 9.17) is 0 Å². The minimum Gasteiger partial charge on any atom is -0.294 e. The first kappa shape index (κ1) is 4.98. The Labute approximate surface area is 54.1 Å². The smallest absolute Gasteiger partial charge is 0.165 e. The van der Waals surface area contributed by atoms with Gasteiger partial charge in [0.1, 0.15) is 0 Å². The van der Waals surface area contributed by atoms with Crippen molar-refractivity contribution in [2.75, 3.05) is 0 Å². The molecule has 0 aliphatic heterocycles. The van der Waals surface area contributed by atoms with Gasteiger partial charge in [0.05, 0.1) is 0 Å². The molecule has 0 radical (unpaired) electrons. The van der Waals surface area contributed by atoms with Crippen molar-refractivity contribution in [2.45, 2.75) is 6.42 Å². The van der Waals surface area contributed by atoms with Crippen molar-refractivity contribution in [3.63, 3.8) is 0 Å². The maximum absolute atomic E-state index is 11.0. The summed E-state index contributed by atoms with van der Waals surface area (Å²) in [4.78, 5) is 11.0. The molecule has 0 aromatic heterocycles. The number of allylic oxidation sites excluding steroid dienone is 3. The summed E-state index contributed by atoms with van der Waals surface area (Å²) >= 11 is 0. The van der Waals surface area contributed by atoms with Crippen LogP contribution in [0.2, 0.25) is 0 Å². The predicted octanol–water partition coefficient (Wildman–Crippen LogP) is 1.32. The first-order chi connectivity index (χ1) is 4.29. The number of carbonyl (C=O) groups is 1. The fourth-order valence-electron chi connectivity index (χ4n) is 1.57. The average molecular weight is 120 g/mol. The molecule has 1 fully saturated rings. The fraction of sp³-hybridized carbons (Fsp3) is 0.375. The van der Waals surface area contributed by atoms with Crippen LogP contribution in [-0.2, 0) is 4.79 Å². The van der Waals surface area contributed by atoms with Crippen LogP contribution in [0.4, 0.5) is 0 Å². The lowest BCUT2D eigenvalue weighted by Gasteiger charge is -2.02. The highest BCUT2D eigenvalue weighted by Crippen LogP contribution is 2.38. The first-order valence-corrected chi connectivity index (χ1v) is 3.20. The molecule has 0 aromatic carbocycles.